The van der Waals surface area contributed by atoms with E-state index >= 15 is 4.79 Å². The summed E-state index contributed by atoms with van der Waals surface area (Å²) in [6, 6.07) is 46.0. The van der Waals surface area contributed by atoms with Gasteiger partial charge in [0.25, 0.3) is 0 Å². The molecule has 0 fully saturated rings. The zero-order chi connectivity index (χ0) is 76.3. The van der Waals surface area contributed by atoms with E-state index in [4.69, 9.17) is 49.4 Å². The Bertz CT molecular complexity index is 3580. The molecule has 6 aromatic rings. The molecule has 0 aliphatic heterocycles. The van der Waals surface area contributed by atoms with Gasteiger partial charge in [-0.05, 0) is 33.4 Å². The molecule has 107 heavy (non-hydrogen) atoms. The number of primary amides is 1. The minimum absolute atomic E-state index is 0.000524. The summed E-state index contributed by atoms with van der Waals surface area (Å²) < 4.78 is 43.1. The highest BCUT2D eigenvalue weighted by Gasteiger charge is 2.34. The molecule has 6 rings (SSSR count). The predicted molar refractivity (Wildman–Crippen MR) is 396 cm³/mol. The summed E-state index contributed by atoms with van der Waals surface area (Å²) in [5.41, 5.74) is 15.3. The molecule has 13 N–H and O–H groups in total. The molecular formula is C78H101N11O18. The van der Waals surface area contributed by atoms with Crippen molar-refractivity contribution >= 4 is 59.1 Å². The van der Waals surface area contributed by atoms with E-state index in [1.807, 2.05) is 12.1 Å². The molecule has 0 aromatic heterocycles. The molecule has 0 unspecified atom stereocenters. The third-order valence-electron chi connectivity index (χ3n) is 15.9. The summed E-state index contributed by atoms with van der Waals surface area (Å²) in [6.07, 6.45) is -0.0570. The zero-order valence-electron chi connectivity index (χ0n) is 60.2. The second kappa shape index (κ2) is 51.8. The Labute approximate surface area is 623 Å². The van der Waals surface area contributed by atoms with Gasteiger partial charge in [0.2, 0.25) is 59.1 Å². The van der Waals surface area contributed by atoms with Crippen LogP contribution in [0.25, 0.3) is 0 Å². The highest BCUT2D eigenvalue weighted by molar-refractivity contribution is 5.97. The fourth-order valence-corrected chi connectivity index (χ4v) is 10.5. The van der Waals surface area contributed by atoms with Gasteiger partial charge in [0.1, 0.15) is 62.7 Å². The maximum absolute atomic E-state index is 15.0. The first-order valence-electron chi connectivity index (χ1n) is 35.6. The van der Waals surface area contributed by atoms with Gasteiger partial charge in [0, 0.05) is 64.7 Å². The number of hydrogen-bond donors (Lipinski definition) is 11. The highest BCUT2D eigenvalue weighted by atomic mass is 16.5. The normalized spacial score (nSPS) is 12.7. The van der Waals surface area contributed by atoms with Crippen LogP contribution in [0.15, 0.2) is 182 Å². The van der Waals surface area contributed by atoms with Crippen molar-refractivity contribution in [1.82, 2.24) is 47.9 Å². The molecule has 0 spiro atoms. The second-order valence-corrected chi connectivity index (χ2v) is 24.5. The van der Waals surface area contributed by atoms with Crippen LogP contribution >= 0.6 is 0 Å². The molecule has 29 nitrogen and oxygen atoms in total. The Balaban J connectivity index is 0.965. The summed E-state index contributed by atoms with van der Waals surface area (Å²) in [4.78, 5) is 136. The van der Waals surface area contributed by atoms with Crippen LogP contribution in [0.3, 0.4) is 0 Å². The lowest BCUT2D eigenvalue weighted by atomic mass is 9.99. The number of hydrogen-bond acceptors (Lipinski definition) is 19. The SMILES string of the molecule is NCCOCCOCC(=O)NCCOCCOCC(=O)NCCOCCOCC(=O)NCCOCCOCC(=O)N[C@@H](Cc1ccccc1)C(=O)N[C@@H](Cc1ccccc1)C(=O)N[C@@H](Cc1ccccc1)C(=O)N[C@@H](Cc1ccccc1)C(=O)N[C@@H](Cc1ccccc1)C(=O)N[C@@H](Cc1ccccc1)C(N)=O. The van der Waals surface area contributed by atoms with E-state index in [9.17, 15) is 43.2 Å². The molecule has 10 amide bonds. The van der Waals surface area contributed by atoms with Crippen molar-refractivity contribution in [1.29, 1.82) is 0 Å². The quantitative estimate of drug-likeness (QED) is 0.0228. The van der Waals surface area contributed by atoms with Crippen LogP contribution in [0.5, 0.6) is 0 Å². The van der Waals surface area contributed by atoms with Gasteiger partial charge in [-0.15, -0.1) is 0 Å². The lowest BCUT2D eigenvalue weighted by Crippen LogP contribution is -2.61. The van der Waals surface area contributed by atoms with E-state index in [1.165, 1.54) is 0 Å². The number of amides is 10. The molecule has 29 heteroatoms. The lowest BCUT2D eigenvalue weighted by molar-refractivity contribution is -0.135. The molecule has 0 bridgehead atoms. The van der Waals surface area contributed by atoms with Gasteiger partial charge in [-0.25, -0.2) is 0 Å². The van der Waals surface area contributed by atoms with E-state index in [0.29, 0.717) is 54.1 Å². The van der Waals surface area contributed by atoms with Crippen molar-refractivity contribution in [2.24, 2.45) is 11.5 Å². The number of rotatable bonds is 55. The van der Waals surface area contributed by atoms with Crippen LogP contribution in [0.1, 0.15) is 33.4 Å². The maximum atomic E-state index is 15.0. The summed E-state index contributed by atoms with van der Waals surface area (Å²) >= 11 is 0. The van der Waals surface area contributed by atoms with Crippen LogP contribution in [0.4, 0.5) is 0 Å². The first-order valence-corrected chi connectivity index (χ1v) is 35.6. The zero-order valence-corrected chi connectivity index (χ0v) is 60.2. The van der Waals surface area contributed by atoms with E-state index in [1.54, 1.807) is 170 Å². The fraction of sp³-hybridized carbons (Fsp3) is 0.410. The van der Waals surface area contributed by atoms with Gasteiger partial charge in [-0.3, -0.25) is 47.9 Å². The first kappa shape index (κ1) is 85.6. The average Bonchev–Trinajstić information content (AvgIpc) is 0.841. The predicted octanol–water partition coefficient (Wildman–Crippen LogP) is 0.277. The lowest BCUT2D eigenvalue weighted by Gasteiger charge is -2.28. The molecule has 0 heterocycles. The Morgan fingerprint density at radius 1 is 0.252 bits per heavy atom. The Morgan fingerprint density at radius 2 is 0.458 bits per heavy atom. The third-order valence-corrected chi connectivity index (χ3v) is 15.9. The van der Waals surface area contributed by atoms with E-state index < -0.39 is 84.2 Å². The second-order valence-electron chi connectivity index (χ2n) is 24.5. The molecule has 0 aliphatic carbocycles. The molecule has 576 valence electrons. The number of ether oxygens (including phenoxy) is 8. The van der Waals surface area contributed by atoms with Gasteiger partial charge < -0.3 is 97.2 Å². The van der Waals surface area contributed by atoms with Crippen molar-refractivity contribution in [2.45, 2.75) is 74.8 Å². The van der Waals surface area contributed by atoms with Crippen molar-refractivity contribution in [2.75, 3.05) is 132 Å². The van der Waals surface area contributed by atoms with Crippen molar-refractivity contribution in [3.8, 4) is 0 Å². The number of nitrogens with one attached hydrogen (secondary N) is 9. The Hall–Kier alpha value is -10.3. The van der Waals surface area contributed by atoms with Crippen LogP contribution < -0.4 is 59.3 Å². The molecule has 6 atom stereocenters. The van der Waals surface area contributed by atoms with Crippen LogP contribution in [-0.2, 0) is 124 Å². The summed E-state index contributed by atoms with van der Waals surface area (Å²) in [7, 11) is 0. The Morgan fingerprint density at radius 3 is 0.701 bits per heavy atom. The van der Waals surface area contributed by atoms with Crippen molar-refractivity contribution in [3.05, 3.63) is 215 Å². The van der Waals surface area contributed by atoms with Gasteiger partial charge >= 0.3 is 0 Å². The smallest absolute Gasteiger partial charge is 0.246 e. The van der Waals surface area contributed by atoms with E-state index in [-0.39, 0.29) is 155 Å². The Kier molecular flexibility index (Phi) is 41.4. The van der Waals surface area contributed by atoms with Crippen LogP contribution in [0.2, 0.25) is 0 Å². The maximum Gasteiger partial charge on any atom is 0.246 e. The number of carbonyl (C=O) groups excluding carboxylic acids is 10. The van der Waals surface area contributed by atoms with E-state index in [0.717, 1.165) is 5.56 Å². The molecule has 0 saturated carbocycles. The van der Waals surface area contributed by atoms with Gasteiger partial charge in [-0.1, -0.05) is 182 Å². The minimum atomic E-state index is -1.36. The van der Waals surface area contributed by atoms with Crippen molar-refractivity contribution in [3.63, 3.8) is 0 Å². The standard InChI is InChI=1S/C78H101N11O18/c79-31-35-100-39-43-104-53-69(90)81-32-36-101-40-44-105-54-70(91)82-33-37-102-41-45-106-55-71(92)83-34-38-103-42-46-107-56-72(93)84-64(48-58-21-9-2-10-22-58)74(95)86-66(50-60-25-13-4-14-26-60)76(97)88-68(52-62-29-17-6-18-30-62)78(99)89-67(51-61-27-15-5-16-28-61)77(98)87-65(49-59-23-11-3-12-24-59)75(96)85-63(73(80)94)47-57-19-7-1-8-20-57/h1-30,63-68H,31-56,79H2,(H2,80,94)(H,81,90)(H,82,91)(H,83,92)(H,84,93)(H,85,96)(H,86,95)(H,87,98)(H,88,97)(H,89,99)/t63-,64-,65-,66-,67-,68-/m0/s1. The summed E-state index contributed by atoms with van der Waals surface area (Å²) in [5.74, 6) is -6.09. The van der Waals surface area contributed by atoms with Crippen LogP contribution in [0, 0.1) is 0 Å². The minimum Gasteiger partial charge on any atom is -0.378 e. The van der Waals surface area contributed by atoms with E-state index in [2.05, 4.69) is 47.9 Å². The monoisotopic (exact) mass is 1480 g/mol. The molecule has 0 saturated heterocycles. The highest BCUT2D eigenvalue weighted by Crippen LogP contribution is 2.14. The molecule has 0 radical (unpaired) electrons. The van der Waals surface area contributed by atoms with Gasteiger partial charge in [-0.2, -0.15) is 0 Å². The first-order chi connectivity index (χ1) is 52.1. The van der Waals surface area contributed by atoms with Gasteiger partial charge in [0.05, 0.1) is 79.3 Å². The molecule has 6 aromatic carbocycles. The third kappa shape index (κ3) is 37.0. The molecular weight excluding hydrogens is 1380 g/mol. The topological polar surface area (TPSA) is 405 Å². The largest absolute Gasteiger partial charge is 0.378 e. The average molecular weight is 1480 g/mol. The van der Waals surface area contributed by atoms with Crippen LogP contribution in [-0.4, -0.2) is 227 Å². The number of nitrogens with two attached hydrogens (primary N) is 2. The van der Waals surface area contributed by atoms with Crippen molar-refractivity contribution < 1.29 is 85.8 Å². The molecule has 0 aliphatic rings. The summed E-state index contributed by atoms with van der Waals surface area (Å²) in [5, 5.41) is 25.0. The fourth-order valence-electron chi connectivity index (χ4n) is 10.5. The summed E-state index contributed by atoms with van der Waals surface area (Å²) in [6.45, 7) is 2.60. The number of carbonyl (C=O) groups is 10. The number of benzene rings is 6. The van der Waals surface area contributed by atoms with Gasteiger partial charge in [0.15, 0.2) is 0 Å².